The monoisotopic (exact) mass is 1440 g/mol. The van der Waals surface area contributed by atoms with Crippen LogP contribution < -0.4 is 18.9 Å². The Bertz CT molecular complexity index is 4430. The summed E-state index contributed by atoms with van der Waals surface area (Å²) in [5.74, 6) is 2.31. The number of carbonyl (C=O) groups is 2. The number of hydrogen-bond acceptors (Lipinski definition) is 9. The normalized spacial score (nSPS) is 11.9. The highest BCUT2D eigenvalue weighted by Crippen LogP contribution is 2.34. The van der Waals surface area contributed by atoms with Crippen LogP contribution in [0.5, 0.6) is 17.2 Å². The molecule has 3 aliphatic rings. The number of ether oxygens (including phenoxy) is 4. The first kappa shape index (κ1) is 77.9. The van der Waals surface area contributed by atoms with Gasteiger partial charge in [0.2, 0.25) is 0 Å². The van der Waals surface area contributed by atoms with Gasteiger partial charge in [0.05, 0.1) is 34.9 Å². The molecule has 10 aromatic carbocycles. The van der Waals surface area contributed by atoms with E-state index in [1.165, 1.54) is 56.5 Å². The number of nitrogens with one attached hydrogen (secondary N) is 1. The van der Waals surface area contributed by atoms with Crippen LogP contribution in [-0.4, -0.2) is 46.2 Å². The van der Waals surface area contributed by atoms with Crippen LogP contribution in [0.4, 0.5) is 10.1 Å². The van der Waals surface area contributed by atoms with E-state index in [0.29, 0.717) is 51.9 Å². The molecular weight excluding hydrogens is 1360 g/mol. The van der Waals surface area contributed by atoms with E-state index in [9.17, 15) is 22.4 Å². The standard InChI is InChI=1S/C15H10O2.C13H10Cl3NO2S.C10H12O2.C9H9ClO2.2C9H10.C8H10S.C7H6ClF/c1-9-6-7-12-13(8-9)15(17)11-5-3-2-4-10(11)14(12)16;1-8-2-4-9(5-3-8)17-20(18,19)13-7-11(15)10(14)6-12(13)16;1-8-3-4-9-10(7-8)12-6-2-5-11-9;1-6-2-8(10)3-7-4-11-5-12-9(6)7;1-3-9-6-4-8(2)5-7-9;1-3-9-6-4-5-8(2)7-9;1-7-3-5-8(9-2)6-4-7;1-5-2-3-6(8)4-7(5)9/h2-8H,1H3;2-7,17H,1H3;3-4,7H,2,5-6H2,1H3;2-3H,4-5H2,1H3;2*3-7H,1H2,2H3;3-6H,1-2H3;2-4H,1H3. The summed E-state index contributed by atoms with van der Waals surface area (Å²) < 4.78 is 60.9. The number of sulfonamides is 1. The van der Waals surface area contributed by atoms with Crippen LogP contribution in [0.2, 0.25) is 25.1 Å². The van der Waals surface area contributed by atoms with Crippen LogP contribution >= 0.6 is 69.8 Å². The van der Waals surface area contributed by atoms with Gasteiger partial charge in [-0.05, 0) is 168 Å². The Labute approximate surface area is 600 Å². The van der Waals surface area contributed by atoms with Crippen molar-refractivity contribution >= 4 is 109 Å². The Morgan fingerprint density at radius 2 is 1.03 bits per heavy atom. The summed E-state index contributed by atoms with van der Waals surface area (Å²) in [6, 6.07) is 61.3. The first-order valence-electron chi connectivity index (χ1n) is 30.6. The Morgan fingerprint density at radius 3 is 1.62 bits per heavy atom. The third-order valence-electron chi connectivity index (χ3n) is 14.4. The lowest BCUT2D eigenvalue weighted by Gasteiger charge is -2.19. The third kappa shape index (κ3) is 24.7. The van der Waals surface area contributed by atoms with Gasteiger partial charge in [0.1, 0.15) is 16.5 Å². The van der Waals surface area contributed by atoms with Crippen LogP contribution in [0.15, 0.2) is 223 Å². The van der Waals surface area contributed by atoms with Gasteiger partial charge in [-0.25, -0.2) is 12.8 Å². The minimum absolute atomic E-state index is 0.0130. The number of anilines is 1. The number of thioether (sulfide) groups is 1. The molecule has 1 N–H and O–H groups in total. The lowest BCUT2D eigenvalue weighted by Crippen LogP contribution is -2.20. The fourth-order valence-electron chi connectivity index (χ4n) is 9.13. The molecule has 0 spiro atoms. The molecule has 504 valence electrons. The maximum Gasteiger partial charge on any atom is 0.263 e. The summed E-state index contributed by atoms with van der Waals surface area (Å²) in [5, 5.41) is 1.52. The Balaban J connectivity index is 0.000000179. The molecule has 0 atom stereocenters. The molecule has 0 aromatic heterocycles. The molecule has 1 aliphatic carbocycles. The van der Waals surface area contributed by atoms with Crippen LogP contribution in [0.3, 0.4) is 0 Å². The van der Waals surface area contributed by atoms with E-state index in [-0.39, 0.29) is 37.3 Å². The van der Waals surface area contributed by atoms with Gasteiger partial charge < -0.3 is 18.9 Å². The third-order valence-corrected chi connectivity index (χ3v) is 18.2. The summed E-state index contributed by atoms with van der Waals surface area (Å²) in [6.07, 6.45) is 6.75. The van der Waals surface area contributed by atoms with Gasteiger partial charge in [0.25, 0.3) is 10.0 Å². The van der Waals surface area contributed by atoms with Crippen molar-refractivity contribution in [3.8, 4) is 17.2 Å². The lowest BCUT2D eigenvalue weighted by atomic mass is 9.83. The van der Waals surface area contributed by atoms with Crippen molar-refractivity contribution < 1.29 is 41.3 Å². The van der Waals surface area contributed by atoms with Gasteiger partial charge >= 0.3 is 0 Å². The first-order valence-corrected chi connectivity index (χ1v) is 35.2. The minimum Gasteiger partial charge on any atom is -0.490 e. The minimum atomic E-state index is -3.82. The van der Waals surface area contributed by atoms with E-state index in [1.807, 2.05) is 81.5 Å². The number of hydrogen-bond donors (Lipinski definition) is 1. The molecule has 13 rings (SSSR count). The van der Waals surface area contributed by atoms with E-state index in [2.05, 4.69) is 112 Å². The van der Waals surface area contributed by atoms with Crippen molar-refractivity contribution in [2.24, 2.45) is 0 Å². The predicted octanol–water partition coefficient (Wildman–Crippen LogP) is 23.0. The van der Waals surface area contributed by atoms with Crippen molar-refractivity contribution in [1.82, 2.24) is 0 Å². The summed E-state index contributed by atoms with van der Waals surface area (Å²) >= 11 is 30.7. The van der Waals surface area contributed by atoms with Crippen LogP contribution in [0, 0.1) is 61.2 Å². The average Bonchev–Trinajstić information content (AvgIpc) is 0.959. The number of ketones is 2. The SMILES string of the molecule is C=Cc1ccc(C)cc1.C=Cc1cccc(C)c1.CSc1ccc(C)cc1.Cc1cc(Cl)cc2c1OCOC2.Cc1ccc(Cl)cc1F.Cc1ccc(NS(=O)(=O)c2cc(Cl)c(Cl)cc2Cl)cc1.Cc1ccc2c(c1)C(=O)c1ccccc1C2=O.Cc1ccc2c(c1)OCCCO2. The van der Waals surface area contributed by atoms with Crippen molar-refractivity contribution in [2.45, 2.75) is 78.2 Å². The molecule has 10 aromatic rings. The van der Waals surface area contributed by atoms with Gasteiger partial charge in [-0.1, -0.05) is 232 Å². The van der Waals surface area contributed by atoms with Gasteiger partial charge in [-0.3, -0.25) is 14.3 Å². The topological polar surface area (TPSA) is 117 Å². The molecule has 0 saturated carbocycles. The smallest absolute Gasteiger partial charge is 0.263 e. The molecule has 2 heterocycles. The molecule has 17 heteroatoms. The maximum absolute atomic E-state index is 12.5. The lowest BCUT2D eigenvalue weighted by molar-refractivity contribution is -0.0168. The fraction of sp³-hybridized carbons (Fsp3) is 0.175. The highest BCUT2D eigenvalue weighted by molar-refractivity contribution is 7.98. The van der Waals surface area contributed by atoms with E-state index in [0.717, 1.165) is 64.2 Å². The molecule has 0 bridgehead atoms. The number of benzene rings is 10. The van der Waals surface area contributed by atoms with Crippen molar-refractivity contribution in [3.63, 3.8) is 0 Å². The first-order chi connectivity index (χ1) is 46.3. The summed E-state index contributed by atoms with van der Waals surface area (Å²) in [6.45, 7) is 25.6. The molecule has 0 radical (unpaired) electrons. The summed E-state index contributed by atoms with van der Waals surface area (Å²) in [5.41, 5.74) is 14.7. The zero-order chi connectivity index (χ0) is 70.8. The highest BCUT2D eigenvalue weighted by Gasteiger charge is 2.29. The van der Waals surface area contributed by atoms with E-state index < -0.39 is 10.0 Å². The fourth-order valence-corrected chi connectivity index (χ4v) is 12.1. The highest BCUT2D eigenvalue weighted by atomic mass is 35.5. The van der Waals surface area contributed by atoms with Gasteiger partial charge in [0.15, 0.2) is 29.9 Å². The predicted molar refractivity (Wildman–Crippen MR) is 403 cm³/mol. The quantitative estimate of drug-likeness (QED) is 0.128. The molecule has 97 heavy (non-hydrogen) atoms. The molecule has 0 amide bonds. The number of rotatable bonds is 6. The number of carbonyl (C=O) groups excluding carboxylic acids is 2. The van der Waals surface area contributed by atoms with Crippen LogP contribution in [0.1, 0.15) is 99.5 Å². The molecule has 0 saturated heterocycles. The molecule has 0 fully saturated rings. The number of halogens is 6. The van der Waals surface area contributed by atoms with Crippen LogP contribution in [0.25, 0.3) is 12.2 Å². The van der Waals surface area contributed by atoms with Gasteiger partial charge in [-0.15, -0.1) is 11.8 Å². The van der Waals surface area contributed by atoms with Crippen molar-refractivity contribution in [2.75, 3.05) is 31.0 Å². The Kier molecular flexibility index (Phi) is 31.1. The number of aryl methyl sites for hydroxylation is 8. The zero-order valence-electron chi connectivity index (χ0n) is 55.5. The molecule has 0 unspecified atom stereocenters. The second-order valence-corrected chi connectivity index (χ2v) is 27.0. The average molecular weight is 1440 g/mol. The second-order valence-electron chi connectivity index (χ2n) is 22.4. The largest absolute Gasteiger partial charge is 0.490 e. The second kappa shape index (κ2) is 38.7. The van der Waals surface area contributed by atoms with E-state index in [1.54, 1.807) is 91.5 Å². The summed E-state index contributed by atoms with van der Waals surface area (Å²) in [7, 11) is -3.82. The maximum atomic E-state index is 12.5. The van der Waals surface area contributed by atoms with Crippen molar-refractivity contribution in [1.29, 1.82) is 0 Å². The van der Waals surface area contributed by atoms with Gasteiger partial charge in [-0.2, -0.15) is 0 Å². The molecular formula is C80H77Cl5FNO8S2. The Hall–Kier alpha value is -8.14. The van der Waals surface area contributed by atoms with E-state index in [4.69, 9.17) is 77.0 Å². The zero-order valence-corrected chi connectivity index (χ0v) is 60.9. The van der Waals surface area contributed by atoms with E-state index >= 15 is 0 Å². The summed E-state index contributed by atoms with van der Waals surface area (Å²) in [4.78, 5) is 25.7. The number of fused-ring (bicyclic) bond motifs is 4. The Morgan fingerprint density at radius 1 is 0.485 bits per heavy atom. The molecule has 2 aliphatic heterocycles. The van der Waals surface area contributed by atoms with Crippen LogP contribution in [-0.2, 0) is 21.4 Å². The van der Waals surface area contributed by atoms with Crippen molar-refractivity contribution in [3.05, 3.63) is 328 Å². The molecule has 9 nitrogen and oxygen atoms in total. The van der Waals surface area contributed by atoms with Gasteiger partial charge in [0, 0.05) is 54.9 Å².